The van der Waals surface area contributed by atoms with E-state index in [0.717, 1.165) is 25.3 Å². The molecule has 0 aromatic rings. The van der Waals surface area contributed by atoms with Crippen molar-refractivity contribution in [1.82, 2.24) is 10.2 Å². The van der Waals surface area contributed by atoms with Gasteiger partial charge < -0.3 is 15.3 Å². The lowest BCUT2D eigenvalue weighted by molar-refractivity contribution is 0.113. The van der Waals surface area contributed by atoms with Crippen molar-refractivity contribution in [3.8, 4) is 0 Å². The second-order valence-corrected chi connectivity index (χ2v) is 6.98. The molecule has 0 aromatic heterocycles. The van der Waals surface area contributed by atoms with E-state index in [2.05, 4.69) is 45.0 Å². The Labute approximate surface area is 113 Å². The molecule has 3 nitrogen and oxygen atoms in total. The molecule has 0 spiro atoms. The van der Waals surface area contributed by atoms with Gasteiger partial charge in [-0.3, -0.25) is 0 Å². The predicted octanol–water partition coefficient (Wildman–Crippen LogP) is 2.10. The fraction of sp³-hybridized carbons (Fsp3) is 1.00. The standard InChI is InChI=1S/C15H32N2O/c1-12-10-17(5)13(2)9-14(12)16-11-15(3,4)7-6-8-18/h12-14,16,18H,6-11H2,1-5H3. The maximum absolute atomic E-state index is 8.93. The van der Waals surface area contributed by atoms with E-state index in [1.807, 2.05) is 0 Å². The molecule has 3 unspecified atom stereocenters. The van der Waals surface area contributed by atoms with E-state index in [-0.39, 0.29) is 5.41 Å². The molecule has 0 saturated carbocycles. The van der Waals surface area contributed by atoms with Crippen molar-refractivity contribution in [2.75, 3.05) is 26.7 Å². The minimum absolute atomic E-state index is 0.287. The number of hydrogen-bond acceptors (Lipinski definition) is 3. The largest absolute Gasteiger partial charge is 0.396 e. The van der Waals surface area contributed by atoms with Crippen molar-refractivity contribution in [1.29, 1.82) is 0 Å². The molecular weight excluding hydrogens is 224 g/mol. The monoisotopic (exact) mass is 256 g/mol. The molecular formula is C15H32N2O. The van der Waals surface area contributed by atoms with Crippen molar-refractivity contribution in [2.45, 2.75) is 59.0 Å². The van der Waals surface area contributed by atoms with Gasteiger partial charge in [-0.05, 0) is 44.6 Å². The van der Waals surface area contributed by atoms with E-state index in [0.29, 0.717) is 18.7 Å². The zero-order chi connectivity index (χ0) is 13.8. The molecule has 1 saturated heterocycles. The van der Waals surface area contributed by atoms with Gasteiger partial charge in [0.2, 0.25) is 0 Å². The van der Waals surface area contributed by atoms with E-state index in [4.69, 9.17) is 5.11 Å². The van der Waals surface area contributed by atoms with E-state index >= 15 is 0 Å². The number of nitrogens with zero attached hydrogens (tertiary/aromatic N) is 1. The Morgan fingerprint density at radius 2 is 2.00 bits per heavy atom. The minimum Gasteiger partial charge on any atom is -0.396 e. The van der Waals surface area contributed by atoms with Crippen LogP contribution in [0.1, 0.15) is 47.0 Å². The lowest BCUT2D eigenvalue weighted by Gasteiger charge is -2.41. The van der Waals surface area contributed by atoms with Crippen molar-refractivity contribution < 1.29 is 5.11 Å². The van der Waals surface area contributed by atoms with Gasteiger partial charge in [0.25, 0.3) is 0 Å². The average Bonchev–Trinajstić information content (AvgIpc) is 2.30. The Morgan fingerprint density at radius 1 is 1.33 bits per heavy atom. The molecule has 0 radical (unpaired) electrons. The molecule has 0 aromatic carbocycles. The van der Waals surface area contributed by atoms with Gasteiger partial charge in [0, 0.05) is 31.8 Å². The molecule has 1 fully saturated rings. The predicted molar refractivity (Wildman–Crippen MR) is 77.8 cm³/mol. The van der Waals surface area contributed by atoms with Crippen LogP contribution in [0.2, 0.25) is 0 Å². The molecule has 0 aliphatic carbocycles. The third kappa shape index (κ3) is 4.87. The molecule has 2 N–H and O–H groups in total. The van der Waals surface area contributed by atoms with Gasteiger partial charge >= 0.3 is 0 Å². The summed E-state index contributed by atoms with van der Waals surface area (Å²) in [5.41, 5.74) is 0.287. The van der Waals surface area contributed by atoms with E-state index in [1.165, 1.54) is 13.0 Å². The number of hydrogen-bond donors (Lipinski definition) is 2. The van der Waals surface area contributed by atoms with Crippen molar-refractivity contribution in [3.63, 3.8) is 0 Å². The zero-order valence-electron chi connectivity index (χ0n) is 12.9. The van der Waals surface area contributed by atoms with Gasteiger partial charge in [-0.1, -0.05) is 20.8 Å². The van der Waals surface area contributed by atoms with Gasteiger partial charge in [0.15, 0.2) is 0 Å². The van der Waals surface area contributed by atoms with Gasteiger partial charge in [0.1, 0.15) is 0 Å². The SMILES string of the molecule is CC1CN(C)C(C)CC1NCC(C)(C)CCCO. The smallest absolute Gasteiger partial charge is 0.0431 e. The van der Waals surface area contributed by atoms with E-state index < -0.39 is 0 Å². The first kappa shape index (κ1) is 15.9. The number of aliphatic hydroxyl groups is 1. The molecule has 3 heteroatoms. The summed E-state index contributed by atoms with van der Waals surface area (Å²) in [4.78, 5) is 2.46. The molecule has 0 amide bonds. The molecule has 1 aliphatic heterocycles. The van der Waals surface area contributed by atoms with Gasteiger partial charge in [0.05, 0.1) is 0 Å². The van der Waals surface area contributed by atoms with E-state index in [9.17, 15) is 0 Å². The lowest BCUT2D eigenvalue weighted by atomic mass is 9.85. The highest BCUT2D eigenvalue weighted by atomic mass is 16.2. The van der Waals surface area contributed by atoms with Crippen LogP contribution in [0.4, 0.5) is 0 Å². The van der Waals surface area contributed by atoms with Crippen molar-refractivity contribution in [3.05, 3.63) is 0 Å². The molecule has 1 rings (SSSR count). The quantitative estimate of drug-likeness (QED) is 0.764. The van der Waals surface area contributed by atoms with Crippen molar-refractivity contribution in [2.24, 2.45) is 11.3 Å². The molecule has 108 valence electrons. The van der Waals surface area contributed by atoms with Crippen LogP contribution in [0.3, 0.4) is 0 Å². The Hall–Kier alpha value is -0.120. The summed E-state index contributed by atoms with van der Waals surface area (Å²) >= 11 is 0. The van der Waals surface area contributed by atoms with Gasteiger partial charge in [-0.25, -0.2) is 0 Å². The summed E-state index contributed by atoms with van der Waals surface area (Å²) in [6.45, 7) is 11.8. The average molecular weight is 256 g/mol. The number of nitrogens with one attached hydrogen (secondary N) is 1. The first-order chi connectivity index (χ1) is 8.35. The first-order valence-corrected chi connectivity index (χ1v) is 7.40. The van der Waals surface area contributed by atoms with Crippen LogP contribution in [0.25, 0.3) is 0 Å². The summed E-state index contributed by atoms with van der Waals surface area (Å²) in [6.07, 6.45) is 3.24. The minimum atomic E-state index is 0.287. The maximum atomic E-state index is 8.93. The Balaban J connectivity index is 2.38. The second-order valence-electron chi connectivity index (χ2n) is 6.98. The summed E-state index contributed by atoms with van der Waals surface area (Å²) < 4.78 is 0. The number of piperidine rings is 1. The van der Waals surface area contributed by atoms with Crippen LogP contribution < -0.4 is 5.32 Å². The molecule has 0 bridgehead atoms. The van der Waals surface area contributed by atoms with Crippen LogP contribution in [0.5, 0.6) is 0 Å². The second kappa shape index (κ2) is 6.88. The molecule has 3 atom stereocenters. The summed E-state index contributed by atoms with van der Waals surface area (Å²) in [7, 11) is 2.22. The lowest BCUT2D eigenvalue weighted by Crippen LogP contribution is -2.52. The zero-order valence-corrected chi connectivity index (χ0v) is 12.9. The third-order valence-corrected chi connectivity index (χ3v) is 4.46. The third-order valence-electron chi connectivity index (χ3n) is 4.46. The molecule has 18 heavy (non-hydrogen) atoms. The molecule has 1 heterocycles. The van der Waals surface area contributed by atoms with Crippen LogP contribution in [-0.4, -0.2) is 48.8 Å². The highest BCUT2D eigenvalue weighted by Crippen LogP contribution is 2.24. The van der Waals surface area contributed by atoms with Crippen LogP contribution in [0, 0.1) is 11.3 Å². The van der Waals surface area contributed by atoms with Gasteiger partial charge in [-0.2, -0.15) is 0 Å². The molecule has 1 aliphatic rings. The highest BCUT2D eigenvalue weighted by Gasteiger charge is 2.29. The van der Waals surface area contributed by atoms with Crippen LogP contribution in [-0.2, 0) is 0 Å². The van der Waals surface area contributed by atoms with Crippen molar-refractivity contribution >= 4 is 0 Å². The summed E-state index contributed by atoms with van der Waals surface area (Å²) in [5.74, 6) is 0.722. The Morgan fingerprint density at radius 3 is 2.61 bits per heavy atom. The maximum Gasteiger partial charge on any atom is 0.0431 e. The van der Waals surface area contributed by atoms with Crippen LogP contribution in [0.15, 0.2) is 0 Å². The summed E-state index contributed by atoms with van der Waals surface area (Å²) in [5, 5.41) is 12.7. The fourth-order valence-electron chi connectivity index (χ4n) is 2.88. The number of aliphatic hydroxyl groups excluding tert-OH is 1. The van der Waals surface area contributed by atoms with Gasteiger partial charge in [-0.15, -0.1) is 0 Å². The normalized spacial score (nSPS) is 30.7. The number of rotatable bonds is 6. The van der Waals surface area contributed by atoms with E-state index in [1.54, 1.807) is 0 Å². The Bertz CT molecular complexity index is 243. The summed E-state index contributed by atoms with van der Waals surface area (Å²) in [6, 6.07) is 1.32. The van der Waals surface area contributed by atoms with Crippen LogP contribution >= 0.6 is 0 Å². The first-order valence-electron chi connectivity index (χ1n) is 7.40. The topological polar surface area (TPSA) is 35.5 Å². The number of likely N-dealkylation sites (tertiary alicyclic amines) is 1. The highest BCUT2D eigenvalue weighted by molar-refractivity contribution is 4.87. The Kier molecular flexibility index (Phi) is 6.09. The fourth-order valence-corrected chi connectivity index (χ4v) is 2.88.